The maximum Gasteiger partial charge on any atom is 0.0934 e. The van der Waals surface area contributed by atoms with E-state index in [0.29, 0.717) is 5.70 Å². The van der Waals surface area contributed by atoms with Crippen LogP contribution >= 0.6 is 43.2 Å². The zero-order valence-electron chi connectivity index (χ0n) is 5.84. The molecule has 2 nitrogen and oxygen atoms in total. The third-order valence-electron chi connectivity index (χ3n) is 1.15. The highest BCUT2D eigenvalue weighted by Gasteiger charge is 2.05. The van der Waals surface area contributed by atoms with Gasteiger partial charge in [-0.2, -0.15) is 5.26 Å². The number of thiophene rings is 1. The van der Waals surface area contributed by atoms with Gasteiger partial charge >= 0.3 is 0 Å². The summed E-state index contributed by atoms with van der Waals surface area (Å²) < 4.78 is 1.93. The summed E-state index contributed by atoms with van der Waals surface area (Å²) in [7, 11) is 0. The van der Waals surface area contributed by atoms with Crippen LogP contribution in [-0.4, -0.2) is 0 Å². The molecule has 1 rings (SSSR count). The van der Waals surface area contributed by atoms with Crippen LogP contribution in [-0.2, 0) is 0 Å². The van der Waals surface area contributed by atoms with E-state index in [1.165, 1.54) is 17.4 Å². The van der Waals surface area contributed by atoms with Gasteiger partial charge in [-0.15, -0.1) is 11.3 Å². The van der Waals surface area contributed by atoms with E-state index < -0.39 is 0 Å². The van der Waals surface area contributed by atoms with E-state index >= 15 is 0 Å². The Kier molecular flexibility index (Phi) is 3.32. The molecule has 0 aliphatic carbocycles. The van der Waals surface area contributed by atoms with E-state index in [9.17, 15) is 0 Å². The number of nitriles is 1. The number of nitrogens with two attached hydrogens (primary N) is 1. The van der Waals surface area contributed by atoms with Crippen LogP contribution in [0.1, 0.15) is 4.88 Å². The second kappa shape index (κ2) is 4.08. The van der Waals surface area contributed by atoms with Crippen molar-refractivity contribution in [2.24, 2.45) is 5.73 Å². The van der Waals surface area contributed by atoms with Crippen LogP contribution in [0.5, 0.6) is 0 Å². The zero-order chi connectivity index (χ0) is 9.14. The first-order valence-corrected chi connectivity index (χ1v) is 5.36. The van der Waals surface area contributed by atoms with Crippen molar-refractivity contribution in [3.8, 4) is 6.07 Å². The number of rotatable bonds is 1. The summed E-state index contributed by atoms with van der Waals surface area (Å²) in [6.45, 7) is 0. The molecule has 1 heterocycles. The molecule has 0 atom stereocenters. The fourth-order valence-electron chi connectivity index (χ4n) is 0.630. The molecule has 0 aromatic carbocycles. The lowest BCUT2D eigenvalue weighted by Crippen LogP contribution is -1.91. The second-order valence-electron chi connectivity index (χ2n) is 1.96. The lowest BCUT2D eigenvalue weighted by molar-refractivity contribution is 1.52. The van der Waals surface area contributed by atoms with E-state index in [2.05, 4.69) is 31.9 Å². The highest BCUT2D eigenvalue weighted by Crippen LogP contribution is 2.34. The Labute approximate surface area is 90.9 Å². The first-order valence-electron chi connectivity index (χ1n) is 2.95. The van der Waals surface area contributed by atoms with Gasteiger partial charge in [0.1, 0.15) is 0 Å². The first-order chi connectivity index (χ1) is 5.65. The predicted molar refractivity (Wildman–Crippen MR) is 57.5 cm³/mol. The normalized spacial score (nSPS) is 11.2. The molecule has 0 saturated heterocycles. The average molecular weight is 308 g/mol. The third kappa shape index (κ3) is 2.09. The fourth-order valence-corrected chi connectivity index (χ4v) is 2.59. The SMILES string of the molecule is N#CC=C(N)c1cc(Br)c(Br)s1. The summed E-state index contributed by atoms with van der Waals surface area (Å²) in [6.07, 6.45) is 1.32. The summed E-state index contributed by atoms with van der Waals surface area (Å²) in [5.41, 5.74) is 6.09. The van der Waals surface area contributed by atoms with Crippen molar-refractivity contribution in [3.63, 3.8) is 0 Å². The quantitative estimate of drug-likeness (QED) is 0.811. The van der Waals surface area contributed by atoms with E-state index in [4.69, 9.17) is 11.0 Å². The molecule has 0 aliphatic heterocycles. The maximum atomic E-state index is 8.35. The van der Waals surface area contributed by atoms with Gasteiger partial charge in [0.05, 0.1) is 20.4 Å². The topological polar surface area (TPSA) is 49.8 Å². The first kappa shape index (κ1) is 9.78. The second-order valence-corrected chi connectivity index (χ2v) is 5.19. The smallest absolute Gasteiger partial charge is 0.0934 e. The Morgan fingerprint density at radius 1 is 1.67 bits per heavy atom. The molecule has 2 N–H and O–H groups in total. The highest BCUT2D eigenvalue weighted by atomic mass is 79.9. The van der Waals surface area contributed by atoms with Crippen molar-refractivity contribution in [3.05, 3.63) is 25.3 Å². The van der Waals surface area contributed by atoms with Crippen molar-refractivity contribution < 1.29 is 0 Å². The Morgan fingerprint density at radius 2 is 2.33 bits per heavy atom. The molecule has 0 aliphatic rings. The molecule has 0 fully saturated rings. The minimum Gasteiger partial charge on any atom is -0.397 e. The molecule has 0 unspecified atom stereocenters. The summed E-state index contributed by atoms with van der Waals surface area (Å²) in [5, 5.41) is 8.35. The standard InChI is InChI=1S/C7H4Br2N2S/c8-4-3-6(12-7(4)9)5(11)1-2-10/h1,3H,11H2. The molecule has 0 amide bonds. The Bertz CT molecular complexity index is 342. The van der Waals surface area contributed by atoms with Gasteiger partial charge in [-0.1, -0.05) is 0 Å². The number of nitrogens with zero attached hydrogens (tertiary/aromatic N) is 1. The Hall–Kier alpha value is -0.310. The van der Waals surface area contributed by atoms with Crippen molar-refractivity contribution >= 4 is 48.9 Å². The van der Waals surface area contributed by atoms with Crippen LogP contribution < -0.4 is 5.73 Å². The van der Waals surface area contributed by atoms with Gasteiger partial charge < -0.3 is 5.73 Å². The largest absolute Gasteiger partial charge is 0.397 e. The van der Waals surface area contributed by atoms with Gasteiger partial charge in [0, 0.05) is 10.5 Å². The van der Waals surface area contributed by atoms with Gasteiger partial charge in [-0.05, 0) is 37.9 Å². The monoisotopic (exact) mass is 306 g/mol. The van der Waals surface area contributed by atoms with Gasteiger partial charge in [0.25, 0.3) is 0 Å². The van der Waals surface area contributed by atoms with Gasteiger partial charge in [-0.3, -0.25) is 0 Å². The lowest BCUT2D eigenvalue weighted by Gasteiger charge is -1.90. The Morgan fingerprint density at radius 3 is 2.75 bits per heavy atom. The number of hydrogen-bond donors (Lipinski definition) is 1. The third-order valence-corrected chi connectivity index (χ3v) is 4.46. The van der Waals surface area contributed by atoms with E-state index in [0.717, 1.165) is 13.1 Å². The molecule has 5 heteroatoms. The molecule has 62 valence electrons. The lowest BCUT2D eigenvalue weighted by atomic mass is 10.3. The number of hydrogen-bond acceptors (Lipinski definition) is 3. The van der Waals surface area contributed by atoms with Crippen molar-refractivity contribution in [1.29, 1.82) is 5.26 Å². The minimum absolute atomic E-state index is 0.494. The molecule has 0 spiro atoms. The van der Waals surface area contributed by atoms with Crippen molar-refractivity contribution in [1.82, 2.24) is 0 Å². The van der Waals surface area contributed by atoms with Crippen molar-refractivity contribution in [2.45, 2.75) is 0 Å². The van der Waals surface area contributed by atoms with E-state index in [1.807, 2.05) is 12.1 Å². The Balaban J connectivity index is 3.06. The summed E-state index contributed by atoms with van der Waals surface area (Å²) in [4.78, 5) is 0.885. The van der Waals surface area contributed by atoms with Crippen LogP contribution in [0, 0.1) is 11.3 Å². The molecule has 12 heavy (non-hydrogen) atoms. The van der Waals surface area contributed by atoms with Crippen LogP contribution in [0.4, 0.5) is 0 Å². The highest BCUT2D eigenvalue weighted by molar-refractivity contribution is 9.13. The maximum absolute atomic E-state index is 8.35. The molecule has 0 radical (unpaired) electrons. The molecular formula is C7H4Br2N2S. The van der Waals surface area contributed by atoms with Crippen molar-refractivity contribution in [2.75, 3.05) is 0 Å². The molecular weight excluding hydrogens is 304 g/mol. The van der Waals surface area contributed by atoms with E-state index in [1.54, 1.807) is 0 Å². The van der Waals surface area contributed by atoms with Gasteiger partial charge in [0.15, 0.2) is 0 Å². The van der Waals surface area contributed by atoms with E-state index in [-0.39, 0.29) is 0 Å². The molecule has 0 bridgehead atoms. The summed E-state index contributed by atoms with van der Waals surface area (Å²) in [5.74, 6) is 0. The van der Waals surface area contributed by atoms with Gasteiger partial charge in [0.2, 0.25) is 0 Å². The predicted octanol–water partition coefficient (Wildman–Crippen LogP) is 3.10. The molecule has 0 saturated carbocycles. The van der Waals surface area contributed by atoms with Crippen LogP contribution in [0.15, 0.2) is 20.4 Å². The molecule has 1 aromatic heterocycles. The van der Waals surface area contributed by atoms with Crippen LogP contribution in [0.25, 0.3) is 5.70 Å². The minimum atomic E-state index is 0.494. The summed E-state index contributed by atoms with van der Waals surface area (Å²) >= 11 is 8.16. The average Bonchev–Trinajstić information content (AvgIpc) is 2.33. The van der Waals surface area contributed by atoms with Crippen LogP contribution in [0.3, 0.4) is 0 Å². The fraction of sp³-hybridized carbons (Fsp3) is 0. The zero-order valence-corrected chi connectivity index (χ0v) is 9.83. The van der Waals surface area contributed by atoms with Gasteiger partial charge in [-0.25, -0.2) is 0 Å². The number of allylic oxidation sites excluding steroid dienone is 1. The summed E-state index contributed by atoms with van der Waals surface area (Å²) in [6, 6.07) is 3.76. The van der Waals surface area contributed by atoms with Crippen LogP contribution in [0.2, 0.25) is 0 Å². The number of halogens is 2. The molecule has 1 aromatic rings.